The molecule has 3 heteroatoms. The van der Waals surface area contributed by atoms with Gasteiger partial charge in [0.05, 0.1) is 19.5 Å². The van der Waals surface area contributed by atoms with Crippen LogP contribution in [0.4, 0.5) is 0 Å². The second-order valence-electron chi connectivity index (χ2n) is 15.6. The zero-order valence-corrected chi connectivity index (χ0v) is 33.1. The van der Waals surface area contributed by atoms with E-state index in [0.717, 1.165) is 0 Å². The first-order valence-electron chi connectivity index (χ1n) is 17.8. The van der Waals surface area contributed by atoms with Crippen molar-refractivity contribution in [1.82, 2.24) is 4.57 Å². The van der Waals surface area contributed by atoms with Crippen molar-refractivity contribution >= 4 is 20.2 Å². The summed E-state index contributed by atoms with van der Waals surface area (Å²) >= 11 is 0. The van der Waals surface area contributed by atoms with Crippen LogP contribution in [-0.2, 0) is 14.1 Å². The van der Waals surface area contributed by atoms with E-state index in [1.807, 2.05) is 0 Å². The summed E-state index contributed by atoms with van der Waals surface area (Å²) in [6, 6.07) is 17.3. The van der Waals surface area contributed by atoms with Crippen molar-refractivity contribution in [1.29, 1.82) is 0 Å². The summed E-state index contributed by atoms with van der Waals surface area (Å²) in [4.78, 5) is 0. The number of rotatable bonds is 10. The first-order valence-corrected chi connectivity index (χ1v) is 19.0. The van der Waals surface area contributed by atoms with E-state index < -0.39 is 0 Å². The van der Waals surface area contributed by atoms with Gasteiger partial charge in [-0.15, -0.1) is 0 Å². The minimum Gasteiger partial charge on any atom is -0.266 e. The van der Waals surface area contributed by atoms with Crippen LogP contribution < -0.4 is 15.2 Å². The van der Waals surface area contributed by atoms with Crippen LogP contribution in [0.3, 0.4) is 0 Å². The molecule has 4 rings (SSSR count). The second kappa shape index (κ2) is 14.1. The van der Waals surface area contributed by atoms with Gasteiger partial charge in [-0.2, -0.15) is 14.7 Å². The fourth-order valence-electron chi connectivity index (χ4n) is 7.07. The Kier molecular flexibility index (Phi) is 11.0. The van der Waals surface area contributed by atoms with Gasteiger partial charge in [0.25, 0.3) is 0 Å². The van der Waals surface area contributed by atoms with E-state index in [0.29, 0.717) is 35.5 Å². The van der Waals surface area contributed by atoms with Gasteiger partial charge in [-0.25, -0.2) is 0 Å². The fraction of sp³-hybridized carbons (Fsp3) is 0.512. The number of imidazole rings is 1. The van der Waals surface area contributed by atoms with Crippen molar-refractivity contribution in [2.45, 2.75) is 132 Å². The lowest BCUT2D eigenvalue weighted by Gasteiger charge is -2.31. The van der Waals surface area contributed by atoms with Gasteiger partial charge in [0.1, 0.15) is 11.4 Å². The van der Waals surface area contributed by atoms with Crippen LogP contribution >= 0.6 is 0 Å². The van der Waals surface area contributed by atoms with Crippen LogP contribution in [0.15, 0.2) is 42.5 Å². The van der Waals surface area contributed by atoms with E-state index in [1.54, 1.807) is 0 Å². The second-order valence-corrected chi connectivity index (χ2v) is 17.0. The summed E-state index contributed by atoms with van der Waals surface area (Å²) in [5, 5.41) is 1.53. The Morgan fingerprint density at radius 1 is 0.565 bits per heavy atom. The highest BCUT2D eigenvalue weighted by Gasteiger charge is 2.25. The number of hydrogen-bond donors (Lipinski definition) is 0. The highest BCUT2D eigenvalue weighted by Crippen LogP contribution is 2.42. The zero-order valence-electron chi connectivity index (χ0n) is 32.0. The lowest BCUT2D eigenvalue weighted by molar-refractivity contribution is -0.659. The molecular formula is C43H62N2Si. The molecule has 1 heterocycles. The van der Waals surface area contributed by atoms with Gasteiger partial charge in [-0.05, 0) is 91.1 Å². The number of benzene rings is 3. The van der Waals surface area contributed by atoms with E-state index >= 15 is 0 Å². The molecule has 0 amide bonds. The molecule has 46 heavy (non-hydrogen) atoms. The van der Waals surface area contributed by atoms with Crippen LogP contribution in [-0.4, -0.2) is 14.1 Å². The Balaban J connectivity index is 2.25. The molecule has 0 atom stereocenters. The van der Waals surface area contributed by atoms with Crippen molar-refractivity contribution in [3.8, 4) is 22.3 Å². The van der Waals surface area contributed by atoms with Gasteiger partial charge in [0, 0.05) is 13.8 Å². The largest absolute Gasteiger partial charge is 0.266 e. The molecule has 0 saturated heterocycles. The summed E-state index contributed by atoms with van der Waals surface area (Å²) in [5.41, 5.74) is 18.8. The molecule has 248 valence electrons. The molecule has 0 aliphatic rings. The van der Waals surface area contributed by atoms with Crippen LogP contribution in [0.25, 0.3) is 22.3 Å². The maximum atomic E-state index is 2.52. The first-order chi connectivity index (χ1) is 21.5. The number of nitrogens with zero attached hydrogens (tertiary/aromatic N) is 2. The quantitative estimate of drug-likeness (QED) is 0.121. The maximum Gasteiger partial charge on any atom is 0.139 e. The number of aromatic nitrogens is 2. The van der Waals surface area contributed by atoms with E-state index in [4.69, 9.17) is 0 Å². The van der Waals surface area contributed by atoms with Gasteiger partial charge in [0.2, 0.25) is 0 Å². The lowest BCUT2D eigenvalue weighted by atomic mass is 9.79. The van der Waals surface area contributed by atoms with Crippen molar-refractivity contribution in [3.05, 3.63) is 87.2 Å². The van der Waals surface area contributed by atoms with E-state index in [1.165, 1.54) is 77.7 Å². The molecule has 0 unspecified atom stereocenters. The minimum absolute atomic E-state index is 0.207. The molecule has 4 aromatic rings. The van der Waals surface area contributed by atoms with Crippen LogP contribution in [0.2, 0.25) is 0 Å². The predicted molar refractivity (Wildman–Crippen MR) is 204 cm³/mol. The highest BCUT2D eigenvalue weighted by molar-refractivity contribution is 6.68. The summed E-state index contributed by atoms with van der Waals surface area (Å²) in [6.07, 6.45) is 0. The van der Waals surface area contributed by atoms with Crippen LogP contribution in [0, 0.1) is 13.8 Å². The molecule has 0 N–H and O–H groups in total. The van der Waals surface area contributed by atoms with Crippen molar-refractivity contribution in [2.75, 3.05) is 0 Å². The monoisotopic (exact) mass is 634 g/mol. The first kappa shape index (κ1) is 35.9. The average molecular weight is 635 g/mol. The molecule has 2 nitrogen and oxygen atoms in total. The SMILES string of the molecule is Cc1c(C)[n+](C)c([SiH-]c2c(-c3c(C(C)C)cc(C(C)C)cc3C(C)C)cccc2-c2c(C(C)C)cc(C(C)C)cc2C(C)C)n1C. The molecule has 0 fully saturated rings. The molecular weight excluding hydrogens is 573 g/mol. The average Bonchev–Trinajstić information content (AvgIpc) is 3.17. The molecule has 1 aromatic heterocycles. The van der Waals surface area contributed by atoms with Gasteiger partial charge >= 0.3 is 0 Å². The Morgan fingerprint density at radius 3 is 1.17 bits per heavy atom. The Bertz CT molecular complexity index is 1530. The number of hydrogen-bond acceptors (Lipinski definition) is 0. The Morgan fingerprint density at radius 2 is 0.913 bits per heavy atom. The van der Waals surface area contributed by atoms with Crippen molar-refractivity contribution < 1.29 is 4.57 Å². The predicted octanol–water partition coefficient (Wildman–Crippen LogP) is 9.93. The maximum absolute atomic E-state index is 2.52. The molecule has 0 bridgehead atoms. The Labute approximate surface area is 284 Å². The third-order valence-corrected chi connectivity index (χ3v) is 12.3. The standard InChI is InChI=1S/C43H62N2Si/c1-24(2)32-20-36(26(5)6)40(37(21-32)27(7)8)34-18-17-19-35(42(34)46-43-44(15)30(13)31(14)45(43)16)41-38(28(9)10)22-33(25(3)4)23-39(41)29(11)12/h17-29,46H,1-16H3. The lowest BCUT2D eigenvalue weighted by Crippen LogP contribution is -2.54. The zero-order chi connectivity index (χ0) is 34.4. The molecule has 0 saturated carbocycles. The van der Waals surface area contributed by atoms with Gasteiger partial charge in [0.15, 0.2) is 0 Å². The van der Waals surface area contributed by atoms with Crippen molar-refractivity contribution in [3.63, 3.8) is 0 Å². The fourth-order valence-corrected chi connectivity index (χ4v) is 8.89. The minimum atomic E-state index is -0.207. The van der Waals surface area contributed by atoms with Gasteiger partial charge in [-0.1, -0.05) is 126 Å². The molecule has 0 radical (unpaired) electrons. The van der Waals surface area contributed by atoms with E-state index in [9.17, 15) is 0 Å². The van der Waals surface area contributed by atoms with Gasteiger partial charge in [-0.3, -0.25) is 9.13 Å². The smallest absolute Gasteiger partial charge is 0.139 e. The topological polar surface area (TPSA) is 8.81 Å². The summed E-state index contributed by atoms with van der Waals surface area (Å²) in [7, 11) is 4.32. The van der Waals surface area contributed by atoms with Crippen LogP contribution in [0.5, 0.6) is 0 Å². The summed E-state index contributed by atoms with van der Waals surface area (Å²) in [6.45, 7) is 32.9. The van der Waals surface area contributed by atoms with E-state index in [-0.39, 0.29) is 9.52 Å². The highest BCUT2D eigenvalue weighted by atomic mass is 28.2. The molecule has 0 spiro atoms. The summed E-state index contributed by atoms with van der Waals surface area (Å²) < 4.78 is 4.91. The van der Waals surface area contributed by atoms with Crippen molar-refractivity contribution in [2.24, 2.45) is 14.1 Å². The van der Waals surface area contributed by atoms with Crippen LogP contribution in [0.1, 0.15) is 163 Å². The molecule has 3 aromatic carbocycles. The molecule has 0 aliphatic heterocycles. The third kappa shape index (κ3) is 6.72. The van der Waals surface area contributed by atoms with E-state index in [2.05, 4.69) is 163 Å². The summed E-state index contributed by atoms with van der Waals surface area (Å²) in [5.74, 6) is 2.70. The molecule has 0 aliphatic carbocycles. The third-order valence-electron chi connectivity index (χ3n) is 10.4. The van der Waals surface area contributed by atoms with Gasteiger partial charge < -0.3 is 0 Å². The Hall–Kier alpha value is -2.91. The normalized spacial score (nSPS) is 12.2.